The van der Waals surface area contributed by atoms with Gasteiger partial charge < -0.3 is 20.1 Å². The van der Waals surface area contributed by atoms with Gasteiger partial charge in [-0.15, -0.1) is 0 Å². The summed E-state index contributed by atoms with van der Waals surface area (Å²) in [7, 11) is 0. The van der Waals surface area contributed by atoms with Gasteiger partial charge in [0, 0.05) is 12.6 Å². The van der Waals surface area contributed by atoms with Crippen molar-refractivity contribution in [2.24, 2.45) is 5.92 Å². The summed E-state index contributed by atoms with van der Waals surface area (Å²) < 4.78 is 11.6. The third kappa shape index (κ3) is 6.01. The van der Waals surface area contributed by atoms with E-state index in [0.717, 1.165) is 30.9 Å². The molecule has 2 fully saturated rings. The van der Waals surface area contributed by atoms with Gasteiger partial charge in [0.15, 0.2) is 0 Å². The maximum absolute atomic E-state index is 12.3. The number of rotatable bonds is 7. The van der Waals surface area contributed by atoms with Crippen LogP contribution in [0.25, 0.3) is 0 Å². The Hall–Kier alpha value is -1.59. The summed E-state index contributed by atoms with van der Waals surface area (Å²) in [5.74, 6) is 0.718. The molecule has 0 spiro atoms. The van der Waals surface area contributed by atoms with Crippen LogP contribution in [0, 0.1) is 5.92 Å². The molecule has 1 aliphatic heterocycles. The standard InChI is InChI=1S/C20H30N2O3/c1-20(2,14-24-13-15-6-4-3-5-7-15)22-19(23)21-17-10-11-25-18(12-17)16-8-9-16/h3-7,16-18H,8-14H2,1-2H3,(H2,21,22,23)/t17-,18+/m0/s1. The second-order valence-electron chi connectivity index (χ2n) is 7.93. The minimum atomic E-state index is -0.417. The number of carbonyl (C=O) groups is 1. The summed E-state index contributed by atoms with van der Waals surface area (Å²) >= 11 is 0. The molecule has 1 aromatic carbocycles. The summed E-state index contributed by atoms with van der Waals surface area (Å²) in [5, 5.41) is 6.14. The second-order valence-corrected chi connectivity index (χ2v) is 7.93. The van der Waals surface area contributed by atoms with Gasteiger partial charge in [0.25, 0.3) is 0 Å². The first-order chi connectivity index (χ1) is 12.0. The van der Waals surface area contributed by atoms with Gasteiger partial charge in [-0.25, -0.2) is 4.79 Å². The SMILES string of the molecule is CC(C)(COCc1ccccc1)NC(=O)N[C@H]1CCO[C@@H](C2CC2)C1. The molecule has 2 amide bonds. The fourth-order valence-electron chi connectivity index (χ4n) is 3.32. The molecule has 1 heterocycles. The fourth-order valence-corrected chi connectivity index (χ4v) is 3.32. The molecule has 2 atom stereocenters. The van der Waals surface area contributed by atoms with E-state index in [2.05, 4.69) is 10.6 Å². The monoisotopic (exact) mass is 346 g/mol. The van der Waals surface area contributed by atoms with Crippen LogP contribution >= 0.6 is 0 Å². The molecule has 138 valence electrons. The van der Waals surface area contributed by atoms with Crippen LogP contribution in [0.2, 0.25) is 0 Å². The van der Waals surface area contributed by atoms with E-state index < -0.39 is 5.54 Å². The zero-order valence-electron chi connectivity index (χ0n) is 15.3. The van der Waals surface area contributed by atoms with Gasteiger partial charge in [-0.05, 0) is 51.0 Å². The quantitative estimate of drug-likeness (QED) is 0.797. The van der Waals surface area contributed by atoms with Crippen LogP contribution in [0.3, 0.4) is 0 Å². The first-order valence-corrected chi connectivity index (χ1v) is 9.34. The largest absolute Gasteiger partial charge is 0.378 e. The number of ether oxygens (including phenoxy) is 2. The normalized spacial score (nSPS) is 23.9. The lowest BCUT2D eigenvalue weighted by atomic mass is 10.00. The third-order valence-electron chi connectivity index (χ3n) is 4.82. The van der Waals surface area contributed by atoms with E-state index in [1.807, 2.05) is 44.2 Å². The van der Waals surface area contributed by atoms with Crippen LogP contribution in [-0.2, 0) is 16.1 Å². The molecule has 5 nitrogen and oxygen atoms in total. The summed E-state index contributed by atoms with van der Waals surface area (Å²) in [6.45, 7) is 5.73. The predicted molar refractivity (Wildman–Crippen MR) is 97.3 cm³/mol. The molecule has 1 aromatic rings. The Morgan fingerprint density at radius 3 is 2.72 bits per heavy atom. The molecule has 2 aliphatic rings. The van der Waals surface area contributed by atoms with Gasteiger partial charge >= 0.3 is 6.03 Å². The van der Waals surface area contributed by atoms with Crippen molar-refractivity contribution < 1.29 is 14.3 Å². The Kier molecular flexibility index (Phi) is 5.97. The average Bonchev–Trinajstić information content (AvgIpc) is 3.40. The Balaban J connectivity index is 1.38. The van der Waals surface area contributed by atoms with E-state index in [0.29, 0.717) is 19.3 Å². The zero-order chi connectivity index (χ0) is 17.7. The lowest BCUT2D eigenvalue weighted by molar-refractivity contribution is -0.00941. The summed E-state index contributed by atoms with van der Waals surface area (Å²) in [5.41, 5.74) is 0.719. The van der Waals surface area contributed by atoms with Crippen molar-refractivity contribution in [3.8, 4) is 0 Å². The van der Waals surface area contributed by atoms with Gasteiger partial charge in [-0.2, -0.15) is 0 Å². The Morgan fingerprint density at radius 1 is 1.24 bits per heavy atom. The molecule has 5 heteroatoms. The highest BCUT2D eigenvalue weighted by atomic mass is 16.5. The maximum atomic E-state index is 12.3. The summed E-state index contributed by atoms with van der Waals surface area (Å²) in [6, 6.07) is 10.2. The van der Waals surface area contributed by atoms with Gasteiger partial charge in [0.05, 0.1) is 24.9 Å². The molecule has 0 radical (unpaired) electrons. The number of carbonyl (C=O) groups excluding carboxylic acids is 1. The third-order valence-corrected chi connectivity index (χ3v) is 4.82. The molecule has 1 saturated heterocycles. The van der Waals surface area contributed by atoms with Crippen LogP contribution in [0.4, 0.5) is 4.79 Å². The molecular formula is C20H30N2O3. The number of benzene rings is 1. The molecule has 0 bridgehead atoms. The predicted octanol–water partition coefficient (Wildman–Crippen LogP) is 3.24. The van der Waals surface area contributed by atoms with Gasteiger partial charge in [0.1, 0.15) is 0 Å². The van der Waals surface area contributed by atoms with Crippen molar-refractivity contribution in [1.29, 1.82) is 0 Å². The van der Waals surface area contributed by atoms with Crippen LogP contribution in [0.1, 0.15) is 45.1 Å². The minimum Gasteiger partial charge on any atom is -0.378 e. The van der Waals surface area contributed by atoms with Crippen LogP contribution < -0.4 is 10.6 Å². The highest BCUT2D eigenvalue weighted by Crippen LogP contribution is 2.38. The lowest BCUT2D eigenvalue weighted by Gasteiger charge is -2.32. The Morgan fingerprint density at radius 2 is 2.00 bits per heavy atom. The van der Waals surface area contributed by atoms with E-state index >= 15 is 0 Å². The highest BCUT2D eigenvalue weighted by molar-refractivity contribution is 5.75. The summed E-state index contributed by atoms with van der Waals surface area (Å²) in [6.07, 6.45) is 4.70. The molecule has 2 N–H and O–H groups in total. The summed E-state index contributed by atoms with van der Waals surface area (Å²) in [4.78, 5) is 12.3. The topological polar surface area (TPSA) is 59.6 Å². The molecule has 0 unspecified atom stereocenters. The van der Waals surface area contributed by atoms with Crippen molar-refractivity contribution in [3.05, 3.63) is 35.9 Å². The molecule has 1 aliphatic carbocycles. The van der Waals surface area contributed by atoms with Crippen molar-refractivity contribution in [2.45, 2.75) is 63.8 Å². The van der Waals surface area contributed by atoms with Gasteiger partial charge in [0.2, 0.25) is 0 Å². The first-order valence-electron chi connectivity index (χ1n) is 9.34. The molecular weight excluding hydrogens is 316 g/mol. The van der Waals surface area contributed by atoms with Crippen molar-refractivity contribution in [3.63, 3.8) is 0 Å². The molecule has 0 aromatic heterocycles. The Labute approximate surface area is 150 Å². The number of hydrogen-bond acceptors (Lipinski definition) is 3. The lowest BCUT2D eigenvalue weighted by Crippen LogP contribution is -2.54. The van der Waals surface area contributed by atoms with E-state index in [9.17, 15) is 4.79 Å². The molecule has 1 saturated carbocycles. The maximum Gasteiger partial charge on any atom is 0.315 e. The number of urea groups is 1. The number of nitrogens with one attached hydrogen (secondary N) is 2. The zero-order valence-corrected chi connectivity index (χ0v) is 15.3. The van der Waals surface area contributed by atoms with E-state index in [-0.39, 0.29) is 12.1 Å². The fraction of sp³-hybridized carbons (Fsp3) is 0.650. The van der Waals surface area contributed by atoms with Crippen LogP contribution in [0.5, 0.6) is 0 Å². The van der Waals surface area contributed by atoms with Crippen molar-refractivity contribution in [1.82, 2.24) is 10.6 Å². The van der Waals surface area contributed by atoms with E-state index in [4.69, 9.17) is 9.47 Å². The number of amides is 2. The van der Waals surface area contributed by atoms with E-state index in [1.54, 1.807) is 0 Å². The number of hydrogen-bond donors (Lipinski definition) is 2. The highest BCUT2D eigenvalue weighted by Gasteiger charge is 2.36. The minimum absolute atomic E-state index is 0.116. The van der Waals surface area contributed by atoms with E-state index in [1.165, 1.54) is 12.8 Å². The van der Waals surface area contributed by atoms with Crippen molar-refractivity contribution in [2.75, 3.05) is 13.2 Å². The van der Waals surface area contributed by atoms with Crippen LogP contribution in [0.15, 0.2) is 30.3 Å². The average molecular weight is 346 g/mol. The van der Waals surface area contributed by atoms with Crippen molar-refractivity contribution >= 4 is 6.03 Å². The van der Waals surface area contributed by atoms with Crippen LogP contribution in [-0.4, -0.2) is 36.9 Å². The smallest absolute Gasteiger partial charge is 0.315 e. The molecule has 25 heavy (non-hydrogen) atoms. The second kappa shape index (κ2) is 8.19. The first kappa shape index (κ1) is 18.2. The molecule has 3 rings (SSSR count). The van der Waals surface area contributed by atoms with Gasteiger partial charge in [-0.3, -0.25) is 0 Å². The Bertz CT molecular complexity index is 557. The van der Waals surface area contributed by atoms with Gasteiger partial charge in [-0.1, -0.05) is 30.3 Å².